The Morgan fingerprint density at radius 1 is 1.50 bits per heavy atom. The van der Waals surface area contributed by atoms with Crippen LogP contribution in [0.3, 0.4) is 0 Å². The van der Waals surface area contributed by atoms with Gasteiger partial charge in [0.15, 0.2) is 5.76 Å². The molecule has 1 aromatic heterocycles. The van der Waals surface area contributed by atoms with Crippen molar-refractivity contribution in [3.63, 3.8) is 0 Å². The molecule has 2 aliphatic heterocycles. The van der Waals surface area contributed by atoms with Crippen LogP contribution in [-0.4, -0.2) is 49.2 Å². The highest BCUT2D eigenvalue weighted by molar-refractivity contribution is 5.91. The molecule has 98 valence electrons. The van der Waals surface area contributed by atoms with Crippen molar-refractivity contribution >= 4 is 5.91 Å². The lowest BCUT2D eigenvalue weighted by Crippen LogP contribution is -2.59. The van der Waals surface area contributed by atoms with E-state index in [1.807, 2.05) is 4.90 Å². The van der Waals surface area contributed by atoms with Crippen LogP contribution in [-0.2, 0) is 4.74 Å². The molecule has 0 bridgehead atoms. The summed E-state index contributed by atoms with van der Waals surface area (Å²) < 4.78 is 11.1. The first-order chi connectivity index (χ1) is 8.79. The van der Waals surface area contributed by atoms with Crippen LogP contribution in [0.15, 0.2) is 22.8 Å². The molecule has 1 atom stereocenters. The van der Waals surface area contributed by atoms with Crippen LogP contribution in [0.25, 0.3) is 0 Å². The van der Waals surface area contributed by atoms with Gasteiger partial charge in [0.25, 0.3) is 5.91 Å². The van der Waals surface area contributed by atoms with Crippen molar-refractivity contribution in [2.45, 2.75) is 18.4 Å². The summed E-state index contributed by atoms with van der Waals surface area (Å²) in [5.41, 5.74) is -0.196. The SMILES string of the molecule is O=C(c1ccco1)N1CCC[C@]2(CNCCO2)C1. The summed E-state index contributed by atoms with van der Waals surface area (Å²) in [7, 11) is 0. The Balaban J connectivity index is 1.72. The van der Waals surface area contributed by atoms with Crippen molar-refractivity contribution in [2.75, 3.05) is 32.8 Å². The van der Waals surface area contributed by atoms with Gasteiger partial charge in [-0.2, -0.15) is 0 Å². The summed E-state index contributed by atoms with van der Waals surface area (Å²) in [6.07, 6.45) is 3.53. The average Bonchev–Trinajstić information content (AvgIpc) is 2.93. The van der Waals surface area contributed by atoms with Crippen LogP contribution >= 0.6 is 0 Å². The summed E-state index contributed by atoms with van der Waals surface area (Å²) in [6.45, 7) is 3.88. The van der Waals surface area contributed by atoms with Crippen molar-refractivity contribution in [2.24, 2.45) is 0 Å². The predicted molar refractivity (Wildman–Crippen MR) is 65.4 cm³/mol. The molecule has 0 aromatic carbocycles. The van der Waals surface area contributed by atoms with Gasteiger partial charge in [-0.15, -0.1) is 0 Å². The zero-order chi connectivity index (χ0) is 12.4. The van der Waals surface area contributed by atoms with Gasteiger partial charge in [0.2, 0.25) is 0 Å². The molecule has 0 radical (unpaired) electrons. The van der Waals surface area contributed by atoms with Gasteiger partial charge in [0, 0.05) is 19.6 Å². The maximum absolute atomic E-state index is 12.2. The van der Waals surface area contributed by atoms with Crippen LogP contribution in [0.2, 0.25) is 0 Å². The number of amides is 1. The molecule has 0 saturated carbocycles. The number of carbonyl (C=O) groups is 1. The smallest absolute Gasteiger partial charge is 0.289 e. The highest BCUT2D eigenvalue weighted by Crippen LogP contribution is 2.27. The van der Waals surface area contributed by atoms with E-state index in [0.29, 0.717) is 12.3 Å². The molecule has 18 heavy (non-hydrogen) atoms. The largest absolute Gasteiger partial charge is 0.459 e. The van der Waals surface area contributed by atoms with Crippen molar-refractivity contribution in [3.05, 3.63) is 24.2 Å². The number of furan rings is 1. The van der Waals surface area contributed by atoms with Gasteiger partial charge >= 0.3 is 0 Å². The standard InChI is InChI=1S/C13H18N2O3/c16-12(11-3-1-7-17-11)15-6-2-4-13(10-15)9-14-5-8-18-13/h1,3,7,14H,2,4-6,8-10H2/t13-/m0/s1. The third kappa shape index (κ3) is 2.15. The van der Waals surface area contributed by atoms with Gasteiger partial charge in [-0.3, -0.25) is 4.79 Å². The molecule has 2 aliphatic rings. The first-order valence-corrected chi connectivity index (χ1v) is 6.47. The molecular weight excluding hydrogens is 232 g/mol. The zero-order valence-electron chi connectivity index (χ0n) is 10.4. The normalized spacial score (nSPS) is 28.6. The second-order valence-electron chi connectivity index (χ2n) is 5.02. The quantitative estimate of drug-likeness (QED) is 0.803. The van der Waals surface area contributed by atoms with E-state index in [9.17, 15) is 4.79 Å². The third-order valence-electron chi connectivity index (χ3n) is 3.69. The van der Waals surface area contributed by atoms with Gasteiger partial charge in [-0.05, 0) is 25.0 Å². The number of ether oxygens (including phenoxy) is 1. The number of nitrogens with one attached hydrogen (secondary N) is 1. The van der Waals surface area contributed by atoms with E-state index in [2.05, 4.69) is 5.32 Å². The summed E-state index contributed by atoms with van der Waals surface area (Å²) in [6, 6.07) is 3.45. The molecule has 1 aromatic rings. The first kappa shape index (κ1) is 11.7. The summed E-state index contributed by atoms with van der Waals surface area (Å²) >= 11 is 0. The van der Waals surface area contributed by atoms with Gasteiger partial charge in [0.05, 0.1) is 25.0 Å². The molecule has 2 fully saturated rings. The molecule has 5 nitrogen and oxygen atoms in total. The van der Waals surface area contributed by atoms with E-state index in [1.165, 1.54) is 6.26 Å². The van der Waals surface area contributed by atoms with Gasteiger partial charge in [0.1, 0.15) is 0 Å². The molecule has 1 amide bonds. The van der Waals surface area contributed by atoms with E-state index in [4.69, 9.17) is 9.15 Å². The van der Waals surface area contributed by atoms with Crippen LogP contribution < -0.4 is 5.32 Å². The van der Waals surface area contributed by atoms with Gasteiger partial charge in [-0.1, -0.05) is 0 Å². The first-order valence-electron chi connectivity index (χ1n) is 6.47. The lowest BCUT2D eigenvalue weighted by Gasteiger charge is -2.44. The Morgan fingerprint density at radius 3 is 3.17 bits per heavy atom. The highest BCUT2D eigenvalue weighted by Gasteiger charge is 2.39. The Morgan fingerprint density at radius 2 is 2.44 bits per heavy atom. The van der Waals surface area contributed by atoms with Gasteiger partial charge < -0.3 is 19.4 Å². The van der Waals surface area contributed by atoms with E-state index < -0.39 is 0 Å². The van der Waals surface area contributed by atoms with E-state index >= 15 is 0 Å². The topological polar surface area (TPSA) is 54.7 Å². The van der Waals surface area contributed by atoms with Crippen LogP contribution in [0, 0.1) is 0 Å². The third-order valence-corrected chi connectivity index (χ3v) is 3.69. The number of nitrogens with zero attached hydrogens (tertiary/aromatic N) is 1. The molecule has 3 heterocycles. The minimum atomic E-state index is -0.196. The zero-order valence-corrected chi connectivity index (χ0v) is 10.4. The molecule has 1 spiro atoms. The van der Waals surface area contributed by atoms with Crippen molar-refractivity contribution in [1.82, 2.24) is 10.2 Å². The number of piperidine rings is 1. The second-order valence-corrected chi connectivity index (χ2v) is 5.02. The molecule has 2 saturated heterocycles. The van der Waals surface area contributed by atoms with Crippen molar-refractivity contribution in [1.29, 1.82) is 0 Å². The maximum Gasteiger partial charge on any atom is 0.289 e. The minimum absolute atomic E-state index is 0.0340. The fraction of sp³-hybridized carbons (Fsp3) is 0.615. The Bertz CT molecular complexity index is 404. The number of rotatable bonds is 1. The molecule has 3 rings (SSSR count). The predicted octanol–water partition coefficient (Wildman–Crippen LogP) is 0.874. The number of carbonyl (C=O) groups excluding carboxylic acids is 1. The van der Waals surface area contributed by atoms with Crippen LogP contribution in [0.5, 0.6) is 0 Å². The van der Waals surface area contributed by atoms with E-state index in [0.717, 1.165) is 39.1 Å². The lowest BCUT2D eigenvalue weighted by molar-refractivity contribution is -0.0991. The summed E-state index contributed by atoms with van der Waals surface area (Å²) in [5, 5.41) is 3.35. The summed E-state index contributed by atoms with van der Waals surface area (Å²) in [5.74, 6) is 0.379. The molecule has 0 unspecified atom stereocenters. The Kier molecular flexibility index (Phi) is 3.09. The number of hydrogen-bond acceptors (Lipinski definition) is 4. The van der Waals surface area contributed by atoms with Crippen LogP contribution in [0.1, 0.15) is 23.4 Å². The molecule has 5 heteroatoms. The lowest BCUT2D eigenvalue weighted by atomic mass is 9.91. The van der Waals surface area contributed by atoms with Crippen molar-refractivity contribution < 1.29 is 13.9 Å². The minimum Gasteiger partial charge on any atom is -0.459 e. The molecule has 1 N–H and O–H groups in total. The van der Waals surface area contributed by atoms with Crippen molar-refractivity contribution in [3.8, 4) is 0 Å². The Hall–Kier alpha value is -1.33. The Labute approximate surface area is 106 Å². The fourth-order valence-electron chi connectivity index (χ4n) is 2.80. The number of hydrogen-bond donors (Lipinski definition) is 1. The average molecular weight is 250 g/mol. The summed E-state index contributed by atoms with van der Waals surface area (Å²) in [4.78, 5) is 14.1. The fourth-order valence-corrected chi connectivity index (χ4v) is 2.80. The van der Waals surface area contributed by atoms with E-state index in [-0.39, 0.29) is 11.5 Å². The molecule has 0 aliphatic carbocycles. The van der Waals surface area contributed by atoms with Gasteiger partial charge in [-0.25, -0.2) is 0 Å². The van der Waals surface area contributed by atoms with E-state index in [1.54, 1.807) is 12.1 Å². The number of morpholine rings is 1. The highest BCUT2D eigenvalue weighted by atomic mass is 16.5. The molecular formula is C13H18N2O3. The monoisotopic (exact) mass is 250 g/mol. The number of likely N-dealkylation sites (tertiary alicyclic amines) is 1. The van der Waals surface area contributed by atoms with Crippen LogP contribution in [0.4, 0.5) is 0 Å². The maximum atomic E-state index is 12.2. The second kappa shape index (κ2) is 4.74.